The zero-order chi connectivity index (χ0) is 10.5. The van der Waals surface area contributed by atoms with Crippen LogP contribution in [0.25, 0.3) is 0 Å². The third-order valence-electron chi connectivity index (χ3n) is 1.38. The third-order valence-corrected chi connectivity index (χ3v) is 2.44. The maximum absolute atomic E-state index is 10.6. The summed E-state index contributed by atoms with van der Waals surface area (Å²) in [7, 11) is 0. The van der Waals surface area contributed by atoms with Crippen molar-refractivity contribution in [3.8, 4) is 0 Å². The van der Waals surface area contributed by atoms with Crippen LogP contribution in [0.1, 0.15) is 19.8 Å². The van der Waals surface area contributed by atoms with E-state index >= 15 is 0 Å². The molecule has 1 amide bonds. The lowest BCUT2D eigenvalue weighted by molar-refractivity contribution is -0.122. The van der Waals surface area contributed by atoms with Crippen LogP contribution in [0.15, 0.2) is 0 Å². The number of alkyl halides is 3. The Morgan fingerprint density at radius 1 is 1.62 bits per heavy atom. The molecule has 0 aliphatic carbocycles. The quantitative estimate of drug-likeness (QED) is 0.574. The number of carbonyl (C=O) groups is 1. The molecule has 0 aliphatic rings. The fourth-order valence-electron chi connectivity index (χ4n) is 0.737. The highest BCUT2D eigenvalue weighted by Crippen LogP contribution is 2.29. The van der Waals surface area contributed by atoms with E-state index in [0.717, 1.165) is 0 Å². The van der Waals surface area contributed by atoms with E-state index in [4.69, 9.17) is 34.8 Å². The van der Waals surface area contributed by atoms with Gasteiger partial charge in [-0.25, -0.2) is 0 Å². The zero-order valence-electron chi connectivity index (χ0n) is 7.19. The molecule has 0 aromatic rings. The molecule has 2 N–H and O–H groups in total. The number of aliphatic hydroxyl groups excluding tert-OH is 1. The van der Waals surface area contributed by atoms with E-state index in [9.17, 15) is 9.90 Å². The lowest BCUT2D eigenvalue weighted by atomic mass is 10.2. The summed E-state index contributed by atoms with van der Waals surface area (Å²) >= 11 is 16.9. The average molecular weight is 249 g/mol. The largest absolute Gasteiger partial charge is 0.371 e. The van der Waals surface area contributed by atoms with E-state index < -0.39 is 10.6 Å². The molecule has 0 heterocycles. The van der Waals surface area contributed by atoms with Crippen LogP contribution in [-0.4, -0.2) is 27.5 Å². The highest BCUT2D eigenvalue weighted by molar-refractivity contribution is 6.48. The van der Waals surface area contributed by atoms with Crippen LogP contribution in [0.4, 0.5) is 0 Å². The maximum Gasteiger partial charge on any atom is 0.218 e. The molecule has 0 bridgehead atoms. The number of aliphatic hydroxyl groups is 1. The Labute approximate surface area is 92.3 Å². The van der Waals surface area contributed by atoms with Crippen LogP contribution in [0.2, 0.25) is 0 Å². The molecule has 0 saturated heterocycles. The van der Waals surface area contributed by atoms with E-state index in [1.807, 2.05) is 0 Å². The molecule has 0 aromatic heterocycles. The number of hydrogen-bond acceptors (Lipinski definition) is 2. The van der Waals surface area contributed by atoms with Gasteiger partial charge in [0, 0.05) is 12.8 Å². The van der Waals surface area contributed by atoms with Crippen LogP contribution < -0.4 is 5.32 Å². The van der Waals surface area contributed by atoms with Gasteiger partial charge in [-0.1, -0.05) is 23.2 Å². The first-order valence-corrected chi connectivity index (χ1v) is 5.08. The lowest BCUT2D eigenvalue weighted by Gasteiger charge is -2.25. The van der Waals surface area contributed by atoms with Crippen LogP contribution in [-0.2, 0) is 4.79 Å². The predicted molar refractivity (Wildman–Crippen MR) is 54.2 cm³/mol. The molecule has 0 aliphatic heterocycles. The first-order valence-electron chi connectivity index (χ1n) is 3.79. The van der Waals surface area contributed by atoms with Crippen molar-refractivity contribution < 1.29 is 9.90 Å². The normalized spacial score (nSPS) is 13.9. The van der Waals surface area contributed by atoms with E-state index in [-0.39, 0.29) is 5.91 Å². The third kappa shape index (κ3) is 5.57. The highest BCUT2D eigenvalue weighted by atomic mass is 35.5. The van der Waals surface area contributed by atoms with Gasteiger partial charge in [0.25, 0.3) is 0 Å². The van der Waals surface area contributed by atoms with E-state index in [1.165, 1.54) is 6.92 Å². The molecule has 0 fully saturated rings. The summed E-state index contributed by atoms with van der Waals surface area (Å²) in [6, 6.07) is 0. The van der Waals surface area contributed by atoms with Gasteiger partial charge in [0.2, 0.25) is 5.91 Å². The SMILES string of the molecule is CC(=O)NC(O)C(Cl)(Cl)CCCCl. The van der Waals surface area contributed by atoms with Gasteiger partial charge in [0.05, 0.1) is 0 Å². The van der Waals surface area contributed by atoms with Crippen molar-refractivity contribution in [1.29, 1.82) is 0 Å². The van der Waals surface area contributed by atoms with Crippen molar-refractivity contribution in [3.05, 3.63) is 0 Å². The Morgan fingerprint density at radius 3 is 2.54 bits per heavy atom. The molecule has 6 heteroatoms. The Hall–Kier alpha value is 0.300. The fraction of sp³-hybridized carbons (Fsp3) is 0.857. The van der Waals surface area contributed by atoms with Crippen LogP contribution in [0, 0.1) is 0 Å². The van der Waals surface area contributed by atoms with Crippen molar-refractivity contribution in [2.24, 2.45) is 0 Å². The van der Waals surface area contributed by atoms with Crippen molar-refractivity contribution >= 4 is 40.7 Å². The number of nitrogens with one attached hydrogen (secondary N) is 1. The molecular formula is C7H12Cl3NO2. The van der Waals surface area contributed by atoms with Crippen molar-refractivity contribution in [3.63, 3.8) is 0 Å². The molecule has 0 rings (SSSR count). The summed E-state index contributed by atoms with van der Waals surface area (Å²) in [5.74, 6) is 0.0256. The standard InChI is InChI=1S/C7H12Cl3NO2/c1-5(12)11-6(13)7(9,10)3-2-4-8/h6,13H,2-4H2,1H3,(H,11,12). The number of carbonyl (C=O) groups excluding carboxylic acids is 1. The first kappa shape index (κ1) is 13.3. The molecule has 0 saturated carbocycles. The Balaban J connectivity index is 4.01. The summed E-state index contributed by atoms with van der Waals surface area (Å²) in [6.45, 7) is 1.27. The van der Waals surface area contributed by atoms with Crippen molar-refractivity contribution in [2.45, 2.75) is 30.3 Å². The van der Waals surface area contributed by atoms with Gasteiger partial charge >= 0.3 is 0 Å². The second-order valence-corrected chi connectivity index (χ2v) is 4.58. The number of hydrogen-bond donors (Lipinski definition) is 2. The first-order chi connectivity index (χ1) is 5.90. The Bertz CT molecular complexity index is 175. The van der Waals surface area contributed by atoms with Crippen LogP contribution >= 0.6 is 34.8 Å². The Kier molecular flexibility index (Phi) is 6.05. The molecule has 13 heavy (non-hydrogen) atoms. The monoisotopic (exact) mass is 247 g/mol. The fourth-order valence-corrected chi connectivity index (χ4v) is 1.25. The summed E-state index contributed by atoms with van der Waals surface area (Å²) in [5, 5.41) is 11.5. The van der Waals surface area contributed by atoms with Crippen molar-refractivity contribution in [1.82, 2.24) is 5.32 Å². The summed E-state index contributed by atoms with van der Waals surface area (Å²) in [6.07, 6.45) is -0.372. The van der Waals surface area contributed by atoms with E-state index in [0.29, 0.717) is 18.7 Å². The lowest BCUT2D eigenvalue weighted by Crippen LogP contribution is -2.45. The van der Waals surface area contributed by atoms with Gasteiger partial charge in [-0.3, -0.25) is 4.79 Å². The minimum atomic E-state index is -1.37. The van der Waals surface area contributed by atoms with Gasteiger partial charge in [-0.2, -0.15) is 0 Å². The van der Waals surface area contributed by atoms with E-state index in [1.54, 1.807) is 0 Å². The Morgan fingerprint density at radius 2 is 2.15 bits per heavy atom. The second kappa shape index (κ2) is 5.91. The van der Waals surface area contributed by atoms with E-state index in [2.05, 4.69) is 5.32 Å². The van der Waals surface area contributed by atoms with Gasteiger partial charge < -0.3 is 10.4 Å². The molecule has 0 aromatic carbocycles. The van der Waals surface area contributed by atoms with Gasteiger partial charge in [0.15, 0.2) is 10.6 Å². The molecule has 1 atom stereocenters. The smallest absolute Gasteiger partial charge is 0.218 e. The molecule has 1 unspecified atom stereocenters. The number of rotatable bonds is 5. The van der Waals surface area contributed by atoms with Gasteiger partial charge in [-0.15, -0.1) is 11.6 Å². The second-order valence-electron chi connectivity index (χ2n) is 2.66. The maximum atomic E-state index is 10.6. The molecular weight excluding hydrogens is 236 g/mol. The number of amides is 1. The molecule has 0 spiro atoms. The van der Waals surface area contributed by atoms with Crippen LogP contribution in [0.5, 0.6) is 0 Å². The van der Waals surface area contributed by atoms with Crippen LogP contribution in [0.3, 0.4) is 0 Å². The highest BCUT2D eigenvalue weighted by Gasteiger charge is 2.33. The van der Waals surface area contributed by atoms with Gasteiger partial charge in [0.1, 0.15) is 0 Å². The minimum absolute atomic E-state index is 0.320. The minimum Gasteiger partial charge on any atom is -0.371 e. The number of halogens is 3. The topological polar surface area (TPSA) is 49.3 Å². The summed E-state index contributed by atoms with van der Waals surface area (Å²) in [5.41, 5.74) is 0. The molecule has 0 radical (unpaired) electrons. The van der Waals surface area contributed by atoms with Gasteiger partial charge in [-0.05, 0) is 12.8 Å². The van der Waals surface area contributed by atoms with Crippen molar-refractivity contribution in [2.75, 3.05) is 5.88 Å². The average Bonchev–Trinajstić information content (AvgIpc) is 1.99. The molecule has 78 valence electrons. The predicted octanol–water partition coefficient (Wildman–Crippen LogP) is 1.63. The molecule has 3 nitrogen and oxygen atoms in total. The summed E-state index contributed by atoms with van der Waals surface area (Å²) < 4.78 is -1.37. The zero-order valence-corrected chi connectivity index (χ0v) is 9.46. The summed E-state index contributed by atoms with van der Waals surface area (Å²) in [4.78, 5) is 10.6.